The van der Waals surface area contributed by atoms with Gasteiger partial charge in [-0.1, -0.05) is 11.6 Å². The summed E-state index contributed by atoms with van der Waals surface area (Å²) >= 11 is 0. The molecule has 0 saturated carbocycles. The Morgan fingerprint density at radius 1 is 1.38 bits per heavy atom. The lowest BCUT2D eigenvalue weighted by Gasteiger charge is -2.32. The summed E-state index contributed by atoms with van der Waals surface area (Å²) in [5.74, 6) is 0.294. The molecule has 0 aromatic heterocycles. The van der Waals surface area contributed by atoms with Gasteiger partial charge in [-0.3, -0.25) is 4.79 Å². The number of rotatable bonds is 2. The van der Waals surface area contributed by atoms with Gasteiger partial charge in [0.25, 0.3) is 0 Å². The van der Waals surface area contributed by atoms with Gasteiger partial charge in [-0.15, -0.1) is 0 Å². The quantitative estimate of drug-likeness (QED) is 0.673. The molecule has 0 bridgehead atoms. The topological polar surface area (TPSA) is 35.6 Å². The van der Waals surface area contributed by atoms with Crippen LogP contribution < -0.4 is 5.32 Å². The van der Waals surface area contributed by atoms with E-state index in [2.05, 4.69) is 23.3 Å². The van der Waals surface area contributed by atoms with E-state index in [4.69, 9.17) is 0 Å². The van der Waals surface area contributed by atoms with Crippen LogP contribution in [0.1, 0.15) is 12.8 Å². The number of hydrogen-bond acceptors (Lipinski definition) is 3. The predicted molar refractivity (Wildman–Crippen MR) is 64.3 cm³/mol. The Labute approximate surface area is 97.3 Å². The monoisotopic (exact) mass is 223 g/mol. The van der Waals surface area contributed by atoms with Crippen molar-refractivity contribution in [2.45, 2.75) is 12.8 Å². The molecule has 0 radical (unpaired) electrons. The molecule has 0 spiro atoms. The summed E-state index contributed by atoms with van der Waals surface area (Å²) in [6.45, 7) is 5.71. The molecule has 1 amide bonds. The fraction of sp³-hybridized carbons (Fsp3) is 0.750. The zero-order valence-electron chi connectivity index (χ0n) is 10.0. The van der Waals surface area contributed by atoms with E-state index in [0.29, 0.717) is 12.3 Å². The van der Waals surface area contributed by atoms with E-state index in [1.165, 1.54) is 5.57 Å². The minimum atomic E-state index is 0.294. The standard InChI is InChI=1S/C12H21N3O/c1-14-5-7-15(8-6-14)12(16)9-11-3-2-4-13-10-11/h3,13H,2,4-10H2,1H3. The number of amides is 1. The first-order valence-corrected chi connectivity index (χ1v) is 6.10. The van der Waals surface area contributed by atoms with Crippen LogP contribution in [-0.4, -0.2) is 62.0 Å². The minimum Gasteiger partial charge on any atom is -0.340 e. The third kappa shape index (κ3) is 3.06. The van der Waals surface area contributed by atoms with Crippen molar-refractivity contribution in [2.24, 2.45) is 0 Å². The summed E-state index contributed by atoms with van der Waals surface area (Å²) in [6, 6.07) is 0. The first kappa shape index (κ1) is 11.6. The second kappa shape index (κ2) is 5.46. The van der Waals surface area contributed by atoms with Gasteiger partial charge < -0.3 is 15.1 Å². The number of carbonyl (C=O) groups is 1. The van der Waals surface area contributed by atoms with Gasteiger partial charge in [0.05, 0.1) is 0 Å². The van der Waals surface area contributed by atoms with Crippen LogP contribution in [-0.2, 0) is 4.79 Å². The van der Waals surface area contributed by atoms with Crippen LogP contribution in [0.3, 0.4) is 0 Å². The third-order valence-electron chi connectivity index (χ3n) is 3.34. The van der Waals surface area contributed by atoms with E-state index in [9.17, 15) is 4.79 Å². The molecule has 2 aliphatic heterocycles. The van der Waals surface area contributed by atoms with Gasteiger partial charge in [-0.05, 0) is 20.0 Å². The predicted octanol–water partition coefficient (Wildman–Crippen LogP) is 0.0702. The lowest BCUT2D eigenvalue weighted by molar-refractivity contribution is -0.132. The summed E-state index contributed by atoms with van der Waals surface area (Å²) in [6.07, 6.45) is 3.88. The molecule has 4 heteroatoms. The average Bonchev–Trinajstić information content (AvgIpc) is 2.31. The Hall–Kier alpha value is -0.870. The molecular weight excluding hydrogens is 202 g/mol. The highest BCUT2D eigenvalue weighted by Crippen LogP contribution is 2.10. The average molecular weight is 223 g/mol. The summed E-state index contributed by atoms with van der Waals surface area (Å²) < 4.78 is 0. The molecule has 0 aromatic rings. The second-order valence-electron chi connectivity index (χ2n) is 4.69. The molecular formula is C12H21N3O. The van der Waals surface area contributed by atoms with Gasteiger partial charge in [0.1, 0.15) is 0 Å². The fourth-order valence-electron chi connectivity index (χ4n) is 2.20. The van der Waals surface area contributed by atoms with E-state index in [1.807, 2.05) is 4.90 Å². The number of piperazine rings is 1. The lowest BCUT2D eigenvalue weighted by atomic mass is 10.1. The van der Waals surface area contributed by atoms with Crippen molar-refractivity contribution in [1.82, 2.24) is 15.1 Å². The zero-order valence-corrected chi connectivity index (χ0v) is 10.0. The van der Waals surface area contributed by atoms with Gasteiger partial charge in [0.15, 0.2) is 0 Å². The van der Waals surface area contributed by atoms with Gasteiger partial charge >= 0.3 is 0 Å². The highest BCUT2D eigenvalue weighted by Gasteiger charge is 2.19. The summed E-state index contributed by atoms with van der Waals surface area (Å²) in [4.78, 5) is 16.3. The Bertz CT molecular complexity index is 280. The van der Waals surface area contributed by atoms with Gasteiger partial charge in [-0.2, -0.15) is 0 Å². The maximum absolute atomic E-state index is 12.0. The Balaban J connectivity index is 1.81. The Morgan fingerprint density at radius 3 is 2.75 bits per heavy atom. The van der Waals surface area contributed by atoms with Crippen LogP contribution in [0.4, 0.5) is 0 Å². The van der Waals surface area contributed by atoms with Crippen LogP contribution in [0.2, 0.25) is 0 Å². The van der Waals surface area contributed by atoms with E-state index >= 15 is 0 Å². The molecule has 0 aromatic carbocycles. The largest absolute Gasteiger partial charge is 0.340 e. The summed E-state index contributed by atoms with van der Waals surface area (Å²) in [7, 11) is 2.11. The van der Waals surface area contributed by atoms with Crippen molar-refractivity contribution in [3.8, 4) is 0 Å². The molecule has 4 nitrogen and oxygen atoms in total. The van der Waals surface area contributed by atoms with E-state index in [0.717, 1.165) is 45.7 Å². The van der Waals surface area contributed by atoms with Crippen molar-refractivity contribution in [3.63, 3.8) is 0 Å². The number of likely N-dealkylation sites (N-methyl/N-ethyl adjacent to an activating group) is 1. The number of carbonyl (C=O) groups excluding carboxylic acids is 1. The van der Waals surface area contributed by atoms with Crippen LogP contribution in [0, 0.1) is 0 Å². The number of hydrogen-bond donors (Lipinski definition) is 1. The molecule has 1 fully saturated rings. The van der Waals surface area contributed by atoms with Gasteiger partial charge in [0.2, 0.25) is 5.91 Å². The third-order valence-corrected chi connectivity index (χ3v) is 3.34. The van der Waals surface area contributed by atoms with Crippen molar-refractivity contribution < 1.29 is 4.79 Å². The maximum Gasteiger partial charge on any atom is 0.226 e. The SMILES string of the molecule is CN1CCN(C(=O)CC2=CCCNC2)CC1. The molecule has 1 saturated heterocycles. The molecule has 1 N–H and O–H groups in total. The van der Waals surface area contributed by atoms with Crippen LogP contribution in [0.15, 0.2) is 11.6 Å². The van der Waals surface area contributed by atoms with Crippen molar-refractivity contribution in [3.05, 3.63) is 11.6 Å². The molecule has 0 unspecified atom stereocenters. The summed E-state index contributed by atoms with van der Waals surface area (Å²) in [5.41, 5.74) is 1.26. The molecule has 2 heterocycles. The van der Waals surface area contributed by atoms with Crippen LogP contribution >= 0.6 is 0 Å². The van der Waals surface area contributed by atoms with E-state index < -0.39 is 0 Å². The highest BCUT2D eigenvalue weighted by atomic mass is 16.2. The molecule has 16 heavy (non-hydrogen) atoms. The first-order chi connectivity index (χ1) is 7.75. The van der Waals surface area contributed by atoms with E-state index in [1.54, 1.807) is 0 Å². The number of nitrogens with one attached hydrogen (secondary N) is 1. The molecule has 0 atom stereocenters. The fourth-order valence-corrected chi connectivity index (χ4v) is 2.20. The smallest absolute Gasteiger partial charge is 0.226 e. The molecule has 90 valence electrons. The molecule has 2 aliphatic rings. The van der Waals surface area contributed by atoms with Crippen molar-refractivity contribution in [1.29, 1.82) is 0 Å². The second-order valence-corrected chi connectivity index (χ2v) is 4.69. The Morgan fingerprint density at radius 2 is 2.12 bits per heavy atom. The highest BCUT2D eigenvalue weighted by molar-refractivity contribution is 5.79. The van der Waals surface area contributed by atoms with Crippen LogP contribution in [0.25, 0.3) is 0 Å². The Kier molecular flexibility index (Phi) is 3.96. The summed E-state index contributed by atoms with van der Waals surface area (Å²) in [5, 5.41) is 3.30. The lowest BCUT2D eigenvalue weighted by Crippen LogP contribution is -2.47. The maximum atomic E-state index is 12.0. The first-order valence-electron chi connectivity index (χ1n) is 6.10. The van der Waals surface area contributed by atoms with Crippen molar-refractivity contribution in [2.75, 3.05) is 46.3 Å². The van der Waals surface area contributed by atoms with Crippen molar-refractivity contribution >= 4 is 5.91 Å². The number of nitrogens with zero attached hydrogens (tertiary/aromatic N) is 2. The van der Waals surface area contributed by atoms with Gasteiger partial charge in [0, 0.05) is 39.1 Å². The van der Waals surface area contributed by atoms with Gasteiger partial charge in [-0.25, -0.2) is 0 Å². The van der Waals surface area contributed by atoms with Crippen LogP contribution in [0.5, 0.6) is 0 Å². The molecule has 2 rings (SSSR count). The minimum absolute atomic E-state index is 0.294. The zero-order chi connectivity index (χ0) is 11.4. The normalized spacial score (nSPS) is 23.1. The molecule has 0 aliphatic carbocycles. The van der Waals surface area contributed by atoms with E-state index in [-0.39, 0.29) is 0 Å².